The summed E-state index contributed by atoms with van der Waals surface area (Å²) in [6.45, 7) is 4.22. The van der Waals surface area contributed by atoms with Crippen LogP contribution in [0.4, 0.5) is 0 Å². The molecule has 0 fully saturated rings. The number of hydrazine groups is 1. The number of halogens is 2. The molecule has 4 heteroatoms. The third-order valence-electron chi connectivity index (χ3n) is 3.68. The lowest BCUT2D eigenvalue weighted by Crippen LogP contribution is -2.38. The first-order valence-corrected chi connectivity index (χ1v) is 7.71. The molecule has 0 spiro atoms. The van der Waals surface area contributed by atoms with Crippen molar-refractivity contribution in [1.82, 2.24) is 5.43 Å². The highest BCUT2D eigenvalue weighted by molar-refractivity contribution is 6.33. The maximum Gasteiger partial charge on any atom is 0.0439 e. The molecule has 1 atom stereocenters. The van der Waals surface area contributed by atoms with Gasteiger partial charge >= 0.3 is 0 Å². The topological polar surface area (TPSA) is 38.0 Å². The van der Waals surface area contributed by atoms with Gasteiger partial charge in [-0.1, -0.05) is 47.0 Å². The van der Waals surface area contributed by atoms with Crippen LogP contribution in [0.25, 0.3) is 0 Å². The average molecular weight is 323 g/mol. The molecular weight excluding hydrogens is 303 g/mol. The van der Waals surface area contributed by atoms with Crippen LogP contribution in [0.1, 0.15) is 22.3 Å². The van der Waals surface area contributed by atoms with Gasteiger partial charge in [-0.25, -0.2) is 0 Å². The molecule has 1 unspecified atom stereocenters. The molecule has 2 aromatic carbocycles. The Bertz CT molecular complexity index is 573. The van der Waals surface area contributed by atoms with Crippen molar-refractivity contribution < 1.29 is 0 Å². The summed E-state index contributed by atoms with van der Waals surface area (Å²) in [5.41, 5.74) is 7.74. The first-order chi connectivity index (χ1) is 9.99. The average Bonchev–Trinajstić information content (AvgIpc) is 2.45. The Labute approximate surface area is 136 Å². The van der Waals surface area contributed by atoms with E-state index in [1.165, 1.54) is 16.7 Å². The molecule has 0 bridgehead atoms. The van der Waals surface area contributed by atoms with E-state index in [4.69, 9.17) is 29.0 Å². The Hall–Kier alpha value is -1.06. The van der Waals surface area contributed by atoms with Crippen molar-refractivity contribution >= 4 is 23.2 Å². The molecule has 0 radical (unpaired) electrons. The molecule has 0 aliphatic carbocycles. The van der Waals surface area contributed by atoms with Crippen LogP contribution in [0, 0.1) is 13.8 Å². The van der Waals surface area contributed by atoms with Gasteiger partial charge in [0.25, 0.3) is 0 Å². The Kier molecular flexibility index (Phi) is 5.65. The molecule has 2 nitrogen and oxygen atoms in total. The fourth-order valence-electron chi connectivity index (χ4n) is 2.44. The number of nitrogens with one attached hydrogen (secondary N) is 1. The normalized spacial score (nSPS) is 12.4. The maximum atomic E-state index is 6.23. The van der Waals surface area contributed by atoms with Gasteiger partial charge in [0.2, 0.25) is 0 Å². The summed E-state index contributed by atoms with van der Waals surface area (Å²) >= 11 is 12.3. The third kappa shape index (κ3) is 4.45. The van der Waals surface area contributed by atoms with Crippen LogP contribution in [0.2, 0.25) is 10.0 Å². The zero-order valence-electron chi connectivity index (χ0n) is 12.3. The van der Waals surface area contributed by atoms with E-state index < -0.39 is 0 Å². The maximum absolute atomic E-state index is 6.23. The van der Waals surface area contributed by atoms with Gasteiger partial charge in [0.1, 0.15) is 0 Å². The molecule has 0 aliphatic rings. The lowest BCUT2D eigenvalue weighted by molar-refractivity contribution is 0.521. The molecular formula is C17H20Cl2N2. The molecule has 2 rings (SSSR count). The van der Waals surface area contributed by atoms with Gasteiger partial charge in [-0.15, -0.1) is 0 Å². The van der Waals surface area contributed by atoms with Gasteiger partial charge in [-0.3, -0.25) is 11.3 Å². The van der Waals surface area contributed by atoms with E-state index in [-0.39, 0.29) is 6.04 Å². The molecule has 0 aliphatic heterocycles. The molecule has 0 aromatic heterocycles. The van der Waals surface area contributed by atoms with Crippen molar-refractivity contribution in [2.75, 3.05) is 0 Å². The lowest BCUT2D eigenvalue weighted by atomic mass is 9.95. The molecule has 0 saturated carbocycles. The molecule has 0 heterocycles. The van der Waals surface area contributed by atoms with Crippen LogP contribution in [0.5, 0.6) is 0 Å². The van der Waals surface area contributed by atoms with Crippen LogP contribution < -0.4 is 11.3 Å². The van der Waals surface area contributed by atoms with Crippen molar-refractivity contribution in [1.29, 1.82) is 0 Å². The Morgan fingerprint density at radius 3 is 2.43 bits per heavy atom. The second-order valence-electron chi connectivity index (χ2n) is 5.44. The van der Waals surface area contributed by atoms with Gasteiger partial charge < -0.3 is 0 Å². The zero-order chi connectivity index (χ0) is 15.4. The largest absolute Gasteiger partial charge is 0.271 e. The monoisotopic (exact) mass is 322 g/mol. The minimum atomic E-state index is 0.112. The van der Waals surface area contributed by atoms with E-state index >= 15 is 0 Å². The van der Waals surface area contributed by atoms with Crippen molar-refractivity contribution in [3.05, 3.63) is 68.7 Å². The molecule has 3 N–H and O–H groups in total. The second kappa shape index (κ2) is 7.28. The third-order valence-corrected chi connectivity index (χ3v) is 4.28. The standard InChI is InChI=1S/C17H20Cl2N2/c1-11-3-4-12(2)13(7-11)9-16(21-20)10-14-8-15(18)5-6-17(14)19/h3-8,16,21H,9-10,20H2,1-2H3. The fourth-order valence-corrected chi connectivity index (χ4v) is 2.83. The van der Waals surface area contributed by atoms with Crippen LogP contribution in [-0.4, -0.2) is 6.04 Å². The zero-order valence-corrected chi connectivity index (χ0v) is 13.8. The highest BCUT2D eigenvalue weighted by atomic mass is 35.5. The fraction of sp³-hybridized carbons (Fsp3) is 0.294. The number of hydrogen-bond donors (Lipinski definition) is 2. The van der Waals surface area contributed by atoms with E-state index in [1.807, 2.05) is 12.1 Å². The van der Waals surface area contributed by atoms with Crippen LogP contribution in [0.3, 0.4) is 0 Å². The van der Waals surface area contributed by atoms with E-state index in [0.29, 0.717) is 5.02 Å². The number of benzene rings is 2. The van der Waals surface area contributed by atoms with Gasteiger partial charge in [-0.05, 0) is 61.6 Å². The first kappa shape index (κ1) is 16.3. The van der Waals surface area contributed by atoms with Crippen molar-refractivity contribution in [3.8, 4) is 0 Å². The lowest BCUT2D eigenvalue weighted by Gasteiger charge is -2.18. The van der Waals surface area contributed by atoms with Gasteiger partial charge in [0.15, 0.2) is 0 Å². The number of nitrogens with two attached hydrogens (primary N) is 1. The summed E-state index contributed by atoms with van der Waals surface area (Å²) in [6.07, 6.45) is 1.59. The van der Waals surface area contributed by atoms with E-state index in [2.05, 4.69) is 37.5 Å². The number of hydrogen-bond acceptors (Lipinski definition) is 2. The van der Waals surface area contributed by atoms with Crippen LogP contribution in [-0.2, 0) is 12.8 Å². The molecule has 112 valence electrons. The highest BCUT2D eigenvalue weighted by Gasteiger charge is 2.13. The van der Waals surface area contributed by atoms with Crippen molar-refractivity contribution in [2.24, 2.45) is 5.84 Å². The quantitative estimate of drug-likeness (QED) is 0.638. The molecule has 0 saturated heterocycles. The molecule has 0 amide bonds. The van der Waals surface area contributed by atoms with E-state index in [0.717, 1.165) is 23.4 Å². The predicted molar refractivity (Wildman–Crippen MR) is 90.9 cm³/mol. The van der Waals surface area contributed by atoms with Crippen LogP contribution >= 0.6 is 23.2 Å². The molecule has 21 heavy (non-hydrogen) atoms. The Morgan fingerprint density at radius 1 is 1.00 bits per heavy atom. The first-order valence-electron chi connectivity index (χ1n) is 6.95. The van der Waals surface area contributed by atoms with Gasteiger partial charge in [0, 0.05) is 16.1 Å². The van der Waals surface area contributed by atoms with E-state index in [1.54, 1.807) is 6.07 Å². The number of aryl methyl sites for hydroxylation is 2. The minimum Gasteiger partial charge on any atom is -0.271 e. The van der Waals surface area contributed by atoms with Gasteiger partial charge in [0.05, 0.1) is 0 Å². The smallest absolute Gasteiger partial charge is 0.0439 e. The summed E-state index contributed by atoms with van der Waals surface area (Å²) in [4.78, 5) is 0. The minimum absolute atomic E-state index is 0.112. The summed E-state index contributed by atoms with van der Waals surface area (Å²) in [6, 6.07) is 12.1. The number of rotatable bonds is 5. The predicted octanol–water partition coefficient (Wildman–Crippen LogP) is 4.23. The SMILES string of the molecule is Cc1ccc(C)c(CC(Cc2cc(Cl)ccc2Cl)NN)c1. The summed E-state index contributed by atoms with van der Waals surface area (Å²) < 4.78 is 0. The van der Waals surface area contributed by atoms with E-state index in [9.17, 15) is 0 Å². The van der Waals surface area contributed by atoms with Crippen molar-refractivity contribution in [2.45, 2.75) is 32.7 Å². The summed E-state index contributed by atoms with van der Waals surface area (Å²) in [7, 11) is 0. The summed E-state index contributed by atoms with van der Waals surface area (Å²) in [5, 5.41) is 1.41. The van der Waals surface area contributed by atoms with Crippen molar-refractivity contribution in [3.63, 3.8) is 0 Å². The Balaban J connectivity index is 2.16. The Morgan fingerprint density at radius 2 is 1.71 bits per heavy atom. The second-order valence-corrected chi connectivity index (χ2v) is 6.28. The highest BCUT2D eigenvalue weighted by Crippen LogP contribution is 2.23. The van der Waals surface area contributed by atoms with Gasteiger partial charge in [-0.2, -0.15) is 0 Å². The molecule has 2 aromatic rings. The van der Waals surface area contributed by atoms with Crippen LogP contribution in [0.15, 0.2) is 36.4 Å². The summed E-state index contributed by atoms with van der Waals surface area (Å²) in [5.74, 6) is 5.72.